The largest absolute Gasteiger partial charge is 0.492 e. The molecular weight excluding hydrogens is 318 g/mol. The van der Waals surface area contributed by atoms with E-state index < -0.39 is 0 Å². The maximum absolute atomic E-state index is 12.1. The number of carbonyl (C=O) groups is 1. The van der Waals surface area contributed by atoms with Crippen molar-refractivity contribution < 1.29 is 9.53 Å². The van der Waals surface area contributed by atoms with Gasteiger partial charge in [0.2, 0.25) is 5.91 Å². The van der Waals surface area contributed by atoms with Gasteiger partial charge in [-0.05, 0) is 36.8 Å². The van der Waals surface area contributed by atoms with Crippen LogP contribution in [0.3, 0.4) is 0 Å². The van der Waals surface area contributed by atoms with Gasteiger partial charge in [0.05, 0.1) is 23.8 Å². The first kappa shape index (κ1) is 16.7. The van der Waals surface area contributed by atoms with Crippen molar-refractivity contribution in [2.45, 2.75) is 13.5 Å². The molecule has 0 fully saturated rings. The molecule has 3 rings (SSSR count). The number of hydrogen-bond donors (Lipinski definition) is 1. The van der Waals surface area contributed by atoms with Crippen molar-refractivity contribution >= 4 is 16.9 Å². The smallest absolute Gasteiger partial charge is 0.269 e. The topological polar surface area (TPSA) is 73.2 Å². The second-order valence-corrected chi connectivity index (χ2v) is 5.69. The van der Waals surface area contributed by atoms with Gasteiger partial charge in [0.25, 0.3) is 5.56 Å². The number of ether oxygens (including phenoxy) is 1. The summed E-state index contributed by atoms with van der Waals surface area (Å²) in [6.45, 7) is 2.67. The molecule has 0 unspecified atom stereocenters. The zero-order valence-electron chi connectivity index (χ0n) is 13.9. The van der Waals surface area contributed by atoms with Crippen LogP contribution >= 0.6 is 0 Å². The summed E-state index contributed by atoms with van der Waals surface area (Å²) in [5.41, 5.74) is 2.13. The van der Waals surface area contributed by atoms with Crippen LogP contribution in [0, 0.1) is 6.92 Å². The molecule has 0 aliphatic rings. The van der Waals surface area contributed by atoms with E-state index in [9.17, 15) is 9.59 Å². The fraction of sp³-hybridized carbons (Fsp3) is 0.211. The van der Waals surface area contributed by atoms with Crippen LogP contribution in [0.15, 0.2) is 59.5 Å². The Kier molecular flexibility index (Phi) is 5.09. The molecule has 128 valence electrons. The van der Waals surface area contributed by atoms with Gasteiger partial charge in [-0.25, -0.2) is 4.98 Å². The lowest BCUT2D eigenvalue weighted by Crippen LogP contribution is -2.34. The number of nitrogens with one attached hydrogen (secondary N) is 1. The monoisotopic (exact) mass is 337 g/mol. The summed E-state index contributed by atoms with van der Waals surface area (Å²) in [4.78, 5) is 28.2. The first-order chi connectivity index (χ1) is 12.1. The number of para-hydroxylation sites is 2. The van der Waals surface area contributed by atoms with Crippen LogP contribution < -0.4 is 15.6 Å². The molecule has 1 aromatic heterocycles. The van der Waals surface area contributed by atoms with E-state index in [0.717, 1.165) is 11.3 Å². The van der Waals surface area contributed by atoms with E-state index >= 15 is 0 Å². The lowest BCUT2D eigenvalue weighted by Gasteiger charge is -2.11. The van der Waals surface area contributed by atoms with Crippen molar-refractivity contribution in [1.29, 1.82) is 0 Å². The lowest BCUT2D eigenvalue weighted by molar-refractivity contribution is -0.121. The number of aryl methyl sites for hydroxylation is 1. The second-order valence-electron chi connectivity index (χ2n) is 5.69. The SMILES string of the molecule is Cc1cccc(OCCNC(=O)Cn2c(=O)cnc3ccccc32)c1. The van der Waals surface area contributed by atoms with Crippen molar-refractivity contribution in [3.63, 3.8) is 0 Å². The molecule has 0 bridgehead atoms. The van der Waals surface area contributed by atoms with Gasteiger partial charge in [0.1, 0.15) is 18.9 Å². The van der Waals surface area contributed by atoms with Crippen LogP contribution in [-0.4, -0.2) is 28.6 Å². The van der Waals surface area contributed by atoms with Gasteiger partial charge in [0.15, 0.2) is 0 Å². The van der Waals surface area contributed by atoms with Crippen LogP contribution in [0.4, 0.5) is 0 Å². The maximum Gasteiger partial charge on any atom is 0.269 e. The Morgan fingerprint density at radius 2 is 2.04 bits per heavy atom. The quantitative estimate of drug-likeness (QED) is 0.697. The number of aromatic nitrogens is 2. The van der Waals surface area contributed by atoms with Gasteiger partial charge in [-0.3, -0.25) is 14.2 Å². The highest BCUT2D eigenvalue weighted by atomic mass is 16.5. The summed E-state index contributed by atoms with van der Waals surface area (Å²) in [5.74, 6) is 0.525. The molecule has 0 aliphatic heterocycles. The van der Waals surface area contributed by atoms with Gasteiger partial charge < -0.3 is 10.1 Å². The van der Waals surface area contributed by atoms with Crippen molar-refractivity contribution in [3.8, 4) is 5.75 Å². The molecule has 0 saturated heterocycles. The average molecular weight is 337 g/mol. The Morgan fingerprint density at radius 1 is 1.20 bits per heavy atom. The molecule has 1 N–H and O–H groups in total. The van der Waals surface area contributed by atoms with Crippen molar-refractivity contribution in [2.75, 3.05) is 13.2 Å². The molecule has 0 spiro atoms. The van der Waals surface area contributed by atoms with E-state index in [2.05, 4.69) is 10.3 Å². The van der Waals surface area contributed by atoms with Gasteiger partial charge in [-0.1, -0.05) is 24.3 Å². The third-order valence-corrected chi connectivity index (χ3v) is 3.74. The van der Waals surface area contributed by atoms with Crippen LogP contribution in [0.2, 0.25) is 0 Å². The van der Waals surface area contributed by atoms with E-state index in [1.54, 1.807) is 12.1 Å². The zero-order chi connectivity index (χ0) is 17.6. The van der Waals surface area contributed by atoms with Crippen LogP contribution in [0.5, 0.6) is 5.75 Å². The molecule has 0 saturated carbocycles. The Labute approximate surface area is 145 Å². The molecule has 1 amide bonds. The minimum absolute atomic E-state index is 0.0493. The number of hydrogen-bond acceptors (Lipinski definition) is 4. The second kappa shape index (κ2) is 7.61. The van der Waals surface area contributed by atoms with Crippen molar-refractivity contribution in [2.24, 2.45) is 0 Å². The molecule has 2 aromatic carbocycles. The molecule has 0 radical (unpaired) electrons. The summed E-state index contributed by atoms with van der Waals surface area (Å²) < 4.78 is 7.00. The fourth-order valence-electron chi connectivity index (χ4n) is 2.54. The van der Waals surface area contributed by atoms with Crippen molar-refractivity contribution in [1.82, 2.24) is 14.9 Å². The number of nitrogens with zero attached hydrogens (tertiary/aromatic N) is 2. The standard InChI is InChI=1S/C19H19N3O3/c1-14-5-4-6-15(11-14)25-10-9-20-18(23)13-22-17-8-3-2-7-16(17)21-12-19(22)24/h2-8,11-12H,9-10,13H2,1H3,(H,20,23). The van der Waals surface area contributed by atoms with E-state index in [0.29, 0.717) is 24.2 Å². The molecule has 0 atom stereocenters. The van der Waals surface area contributed by atoms with E-state index in [4.69, 9.17) is 4.74 Å². The number of rotatable bonds is 6. The molecule has 3 aromatic rings. The highest BCUT2D eigenvalue weighted by Gasteiger charge is 2.08. The van der Waals surface area contributed by atoms with Gasteiger partial charge in [-0.2, -0.15) is 0 Å². The summed E-state index contributed by atoms with van der Waals surface area (Å²) in [5, 5.41) is 2.76. The predicted octanol–water partition coefficient (Wildman–Crippen LogP) is 1.90. The Bertz CT molecular complexity index is 950. The normalized spacial score (nSPS) is 10.6. The van der Waals surface area contributed by atoms with E-state index in [1.807, 2.05) is 43.3 Å². The summed E-state index contributed by atoms with van der Waals surface area (Å²) in [6.07, 6.45) is 1.23. The van der Waals surface area contributed by atoms with Gasteiger partial charge in [0, 0.05) is 0 Å². The van der Waals surface area contributed by atoms with Crippen LogP contribution in [0.1, 0.15) is 5.56 Å². The third kappa shape index (κ3) is 4.23. The molecule has 6 nitrogen and oxygen atoms in total. The van der Waals surface area contributed by atoms with E-state index in [-0.39, 0.29) is 18.0 Å². The van der Waals surface area contributed by atoms with Gasteiger partial charge in [-0.15, -0.1) is 0 Å². The Hall–Kier alpha value is -3.15. The first-order valence-corrected chi connectivity index (χ1v) is 8.04. The van der Waals surface area contributed by atoms with Gasteiger partial charge >= 0.3 is 0 Å². The number of amides is 1. The Balaban J connectivity index is 1.56. The summed E-state index contributed by atoms with van der Waals surface area (Å²) in [6, 6.07) is 15.0. The van der Waals surface area contributed by atoms with Crippen molar-refractivity contribution in [3.05, 3.63) is 70.6 Å². The molecule has 6 heteroatoms. The number of fused-ring (bicyclic) bond motifs is 1. The summed E-state index contributed by atoms with van der Waals surface area (Å²) >= 11 is 0. The predicted molar refractivity (Wildman–Crippen MR) is 95.7 cm³/mol. The number of benzene rings is 2. The molecule has 0 aliphatic carbocycles. The van der Waals surface area contributed by atoms with Crippen LogP contribution in [-0.2, 0) is 11.3 Å². The van der Waals surface area contributed by atoms with E-state index in [1.165, 1.54) is 10.8 Å². The fourth-order valence-corrected chi connectivity index (χ4v) is 2.54. The molecular formula is C19H19N3O3. The maximum atomic E-state index is 12.1. The highest BCUT2D eigenvalue weighted by molar-refractivity contribution is 5.79. The Morgan fingerprint density at radius 3 is 2.88 bits per heavy atom. The first-order valence-electron chi connectivity index (χ1n) is 8.04. The minimum Gasteiger partial charge on any atom is -0.492 e. The average Bonchev–Trinajstić information content (AvgIpc) is 2.61. The third-order valence-electron chi connectivity index (χ3n) is 3.74. The highest BCUT2D eigenvalue weighted by Crippen LogP contribution is 2.11. The summed E-state index contributed by atoms with van der Waals surface area (Å²) in [7, 11) is 0. The molecule has 1 heterocycles. The minimum atomic E-state index is -0.301. The van der Waals surface area contributed by atoms with Crippen LogP contribution in [0.25, 0.3) is 11.0 Å². The number of carbonyl (C=O) groups excluding carboxylic acids is 1. The zero-order valence-corrected chi connectivity index (χ0v) is 13.9. The lowest BCUT2D eigenvalue weighted by atomic mass is 10.2. The molecule has 25 heavy (non-hydrogen) atoms.